The highest BCUT2D eigenvalue weighted by Crippen LogP contribution is 2.26. The summed E-state index contributed by atoms with van der Waals surface area (Å²) in [6.07, 6.45) is 0.808. The molecular formula is C12H18N4O3. The Bertz CT molecular complexity index is 523. The zero-order valence-electron chi connectivity index (χ0n) is 11.3. The Balaban J connectivity index is 2.24. The summed E-state index contributed by atoms with van der Waals surface area (Å²) in [6.45, 7) is 4.50. The van der Waals surface area contributed by atoms with E-state index in [0.717, 1.165) is 6.42 Å². The van der Waals surface area contributed by atoms with Gasteiger partial charge in [-0.2, -0.15) is 5.10 Å². The van der Waals surface area contributed by atoms with E-state index in [4.69, 9.17) is 0 Å². The Hall–Kier alpha value is -2.05. The van der Waals surface area contributed by atoms with Crippen molar-refractivity contribution in [2.75, 3.05) is 18.0 Å². The molecule has 0 bridgehead atoms. The summed E-state index contributed by atoms with van der Waals surface area (Å²) < 4.78 is 1.59. The molecule has 1 aromatic rings. The van der Waals surface area contributed by atoms with E-state index >= 15 is 0 Å². The first-order valence-electron chi connectivity index (χ1n) is 6.19. The summed E-state index contributed by atoms with van der Waals surface area (Å²) >= 11 is 0. The summed E-state index contributed by atoms with van der Waals surface area (Å²) in [6, 6.07) is 0.0642. The van der Waals surface area contributed by atoms with Crippen molar-refractivity contribution in [1.29, 1.82) is 0 Å². The van der Waals surface area contributed by atoms with Crippen LogP contribution in [0.25, 0.3) is 0 Å². The molecule has 1 atom stereocenters. The highest BCUT2D eigenvalue weighted by molar-refractivity contribution is 5.95. The van der Waals surface area contributed by atoms with Crippen molar-refractivity contribution in [3.05, 3.63) is 11.3 Å². The van der Waals surface area contributed by atoms with Crippen LogP contribution < -0.4 is 10.2 Å². The van der Waals surface area contributed by atoms with Gasteiger partial charge in [0.05, 0.1) is 5.69 Å². The Morgan fingerprint density at radius 2 is 2.16 bits per heavy atom. The minimum absolute atomic E-state index is 0.0634. The zero-order valence-corrected chi connectivity index (χ0v) is 11.3. The smallest absolute Gasteiger partial charge is 0.341 e. The van der Waals surface area contributed by atoms with E-state index in [1.54, 1.807) is 18.7 Å². The summed E-state index contributed by atoms with van der Waals surface area (Å²) in [5.74, 6) is -0.423. The van der Waals surface area contributed by atoms with E-state index < -0.39 is 5.97 Å². The van der Waals surface area contributed by atoms with Crippen molar-refractivity contribution >= 4 is 17.7 Å². The number of amides is 1. The Kier molecular flexibility index (Phi) is 3.46. The second kappa shape index (κ2) is 4.91. The van der Waals surface area contributed by atoms with Gasteiger partial charge in [0.2, 0.25) is 5.91 Å². The number of anilines is 1. The average Bonchev–Trinajstić information content (AvgIpc) is 2.81. The van der Waals surface area contributed by atoms with Crippen molar-refractivity contribution in [1.82, 2.24) is 15.1 Å². The maximum atomic E-state index is 11.3. The third-order valence-corrected chi connectivity index (χ3v) is 3.30. The standard InChI is InChI=1S/C12H18N4O3/c1-7-10(12(18)19)11(15(3)14-7)16-5-4-9(6-16)13-8(2)17/h9H,4-6H2,1-3H3,(H,13,17)(H,18,19). The fourth-order valence-electron chi connectivity index (χ4n) is 2.62. The first-order chi connectivity index (χ1) is 8.90. The number of aromatic carboxylic acids is 1. The molecule has 2 heterocycles. The molecule has 0 spiro atoms. The summed E-state index contributed by atoms with van der Waals surface area (Å²) in [4.78, 5) is 24.3. The van der Waals surface area contributed by atoms with Gasteiger partial charge in [-0.3, -0.25) is 9.48 Å². The van der Waals surface area contributed by atoms with Gasteiger partial charge in [0.15, 0.2) is 0 Å². The zero-order chi connectivity index (χ0) is 14.2. The normalized spacial score (nSPS) is 18.7. The van der Waals surface area contributed by atoms with Gasteiger partial charge in [-0.15, -0.1) is 0 Å². The SMILES string of the molecule is CC(=O)NC1CCN(c2c(C(=O)O)c(C)nn2C)C1. The van der Waals surface area contributed by atoms with Gasteiger partial charge in [0.1, 0.15) is 11.4 Å². The molecule has 1 amide bonds. The number of carboxylic acids is 1. The van der Waals surface area contributed by atoms with Gasteiger partial charge in [0, 0.05) is 33.1 Å². The number of carbonyl (C=O) groups is 2. The number of carboxylic acid groups (broad SMARTS) is 1. The van der Waals surface area contributed by atoms with Crippen molar-refractivity contribution in [3.8, 4) is 0 Å². The Morgan fingerprint density at radius 1 is 1.47 bits per heavy atom. The van der Waals surface area contributed by atoms with E-state index in [9.17, 15) is 14.7 Å². The maximum absolute atomic E-state index is 11.3. The van der Waals surface area contributed by atoms with Gasteiger partial charge < -0.3 is 15.3 Å². The topological polar surface area (TPSA) is 87.5 Å². The van der Waals surface area contributed by atoms with Gasteiger partial charge >= 0.3 is 5.97 Å². The second-order valence-corrected chi connectivity index (χ2v) is 4.84. The molecule has 0 aliphatic carbocycles. The first-order valence-corrected chi connectivity index (χ1v) is 6.19. The van der Waals surface area contributed by atoms with Crippen LogP contribution in [-0.4, -0.2) is 45.9 Å². The predicted octanol–water partition coefficient (Wildman–Crippen LogP) is 0.142. The predicted molar refractivity (Wildman–Crippen MR) is 69.3 cm³/mol. The van der Waals surface area contributed by atoms with Crippen LogP contribution in [0.2, 0.25) is 0 Å². The molecule has 0 aromatic carbocycles. The van der Waals surface area contributed by atoms with E-state index in [2.05, 4.69) is 10.4 Å². The number of hydrogen-bond acceptors (Lipinski definition) is 4. The molecule has 0 saturated carbocycles. The molecule has 7 nitrogen and oxygen atoms in total. The number of carbonyl (C=O) groups excluding carboxylic acids is 1. The van der Waals surface area contributed by atoms with Crippen LogP contribution in [0.3, 0.4) is 0 Å². The number of aryl methyl sites for hydroxylation is 2. The van der Waals surface area contributed by atoms with Crippen LogP contribution in [0.5, 0.6) is 0 Å². The lowest BCUT2D eigenvalue weighted by Gasteiger charge is -2.19. The van der Waals surface area contributed by atoms with Crippen LogP contribution in [0.15, 0.2) is 0 Å². The number of hydrogen-bond donors (Lipinski definition) is 2. The molecule has 2 rings (SSSR count). The Morgan fingerprint density at radius 3 is 2.74 bits per heavy atom. The molecule has 1 aliphatic heterocycles. The lowest BCUT2D eigenvalue weighted by Crippen LogP contribution is -2.36. The largest absolute Gasteiger partial charge is 0.477 e. The second-order valence-electron chi connectivity index (χ2n) is 4.84. The fraction of sp³-hybridized carbons (Fsp3) is 0.583. The van der Waals surface area contributed by atoms with E-state index in [1.165, 1.54) is 6.92 Å². The number of nitrogens with zero attached hydrogens (tertiary/aromatic N) is 3. The van der Waals surface area contributed by atoms with Crippen LogP contribution in [-0.2, 0) is 11.8 Å². The molecular weight excluding hydrogens is 248 g/mol. The van der Waals surface area contributed by atoms with Crippen molar-refractivity contribution in [2.45, 2.75) is 26.3 Å². The van der Waals surface area contributed by atoms with Crippen LogP contribution in [0.1, 0.15) is 29.4 Å². The van der Waals surface area contributed by atoms with Gasteiger partial charge in [-0.05, 0) is 13.3 Å². The summed E-state index contributed by atoms with van der Waals surface area (Å²) in [5, 5.41) is 16.3. The molecule has 2 N–H and O–H groups in total. The molecule has 19 heavy (non-hydrogen) atoms. The minimum atomic E-state index is -0.969. The van der Waals surface area contributed by atoms with Gasteiger partial charge in [-0.25, -0.2) is 4.79 Å². The molecule has 1 fully saturated rings. The lowest BCUT2D eigenvalue weighted by molar-refractivity contribution is -0.119. The molecule has 7 heteroatoms. The van der Waals surface area contributed by atoms with E-state index in [0.29, 0.717) is 24.6 Å². The molecule has 1 aromatic heterocycles. The summed E-state index contributed by atoms with van der Waals surface area (Å²) in [7, 11) is 1.74. The molecule has 104 valence electrons. The molecule has 1 aliphatic rings. The molecule has 1 saturated heterocycles. The summed E-state index contributed by atoms with van der Waals surface area (Å²) in [5.41, 5.74) is 0.749. The van der Waals surface area contributed by atoms with E-state index in [-0.39, 0.29) is 17.5 Å². The quantitative estimate of drug-likeness (QED) is 0.812. The van der Waals surface area contributed by atoms with Crippen LogP contribution in [0, 0.1) is 6.92 Å². The monoisotopic (exact) mass is 266 g/mol. The number of nitrogens with one attached hydrogen (secondary N) is 1. The number of aromatic nitrogens is 2. The lowest BCUT2D eigenvalue weighted by atomic mass is 10.2. The first kappa shape index (κ1) is 13.4. The average molecular weight is 266 g/mol. The Labute approximate surface area is 111 Å². The van der Waals surface area contributed by atoms with Crippen molar-refractivity contribution in [2.24, 2.45) is 7.05 Å². The van der Waals surface area contributed by atoms with Crippen LogP contribution >= 0.6 is 0 Å². The third kappa shape index (κ3) is 2.54. The molecule has 1 unspecified atom stereocenters. The van der Waals surface area contributed by atoms with Crippen molar-refractivity contribution in [3.63, 3.8) is 0 Å². The highest BCUT2D eigenvalue weighted by atomic mass is 16.4. The highest BCUT2D eigenvalue weighted by Gasteiger charge is 2.30. The number of rotatable bonds is 3. The maximum Gasteiger partial charge on any atom is 0.341 e. The van der Waals surface area contributed by atoms with Crippen LogP contribution in [0.4, 0.5) is 5.82 Å². The fourth-order valence-corrected chi connectivity index (χ4v) is 2.62. The van der Waals surface area contributed by atoms with Gasteiger partial charge in [-0.1, -0.05) is 0 Å². The minimum Gasteiger partial charge on any atom is -0.477 e. The van der Waals surface area contributed by atoms with Crippen molar-refractivity contribution < 1.29 is 14.7 Å². The van der Waals surface area contributed by atoms with E-state index in [1.807, 2.05) is 4.90 Å². The third-order valence-electron chi connectivity index (χ3n) is 3.30. The van der Waals surface area contributed by atoms with Gasteiger partial charge in [0.25, 0.3) is 0 Å². The molecule has 0 radical (unpaired) electrons.